The number of halogens is 5. The van der Waals surface area contributed by atoms with E-state index in [0.717, 1.165) is 12.1 Å². The monoisotopic (exact) mass is 621 g/mol. The Labute approximate surface area is 233 Å². The molecule has 0 bridgehead atoms. The Hall–Kier alpha value is -3.97. The lowest BCUT2D eigenvalue weighted by Crippen LogP contribution is -2.53. The van der Waals surface area contributed by atoms with E-state index in [1.807, 2.05) is 0 Å². The minimum absolute atomic E-state index is 0.130. The van der Waals surface area contributed by atoms with Crippen LogP contribution in [0.5, 0.6) is 11.5 Å². The second kappa shape index (κ2) is 10.9. The fraction of sp³-hybridized carbons (Fsp3) is 0.222. The molecule has 0 fully saturated rings. The van der Waals surface area contributed by atoms with Crippen LogP contribution in [0.3, 0.4) is 0 Å². The van der Waals surface area contributed by atoms with E-state index in [2.05, 4.69) is 31.2 Å². The number of ether oxygens (including phenoxy) is 3. The quantitative estimate of drug-likeness (QED) is 0.207. The van der Waals surface area contributed by atoms with Gasteiger partial charge in [-0.1, -0.05) is 36.4 Å². The second-order valence-electron chi connectivity index (χ2n) is 8.84. The van der Waals surface area contributed by atoms with Gasteiger partial charge in [-0.3, -0.25) is 4.79 Å². The van der Waals surface area contributed by atoms with Crippen molar-refractivity contribution < 1.29 is 41.7 Å². The first-order chi connectivity index (χ1) is 19.1. The number of hydrogen-bond donors (Lipinski definition) is 2. The summed E-state index contributed by atoms with van der Waals surface area (Å²) in [5, 5.41) is 13.1. The van der Waals surface area contributed by atoms with Crippen LogP contribution in [0.15, 0.2) is 71.5 Å². The van der Waals surface area contributed by atoms with Crippen LogP contribution in [-0.2, 0) is 14.9 Å². The molecule has 5 rings (SSSR count). The summed E-state index contributed by atoms with van der Waals surface area (Å²) in [6.45, 7) is -2.25. The number of nitrogens with zero attached hydrogens (tertiary/aromatic N) is 2. The number of benzene rings is 3. The van der Waals surface area contributed by atoms with Gasteiger partial charge in [-0.25, -0.2) is 14.4 Å². The zero-order valence-electron chi connectivity index (χ0n) is 20.4. The summed E-state index contributed by atoms with van der Waals surface area (Å²) in [7, 11) is 0. The Morgan fingerprint density at radius 2 is 1.88 bits per heavy atom. The van der Waals surface area contributed by atoms with Gasteiger partial charge in [-0.05, 0) is 39.7 Å². The number of esters is 1. The average Bonchev–Trinajstić information content (AvgIpc) is 2.94. The third-order valence-corrected chi connectivity index (χ3v) is 6.97. The molecule has 0 radical (unpaired) electrons. The third kappa shape index (κ3) is 5.02. The summed E-state index contributed by atoms with van der Waals surface area (Å²) in [6, 6.07) is 14.2. The Kier molecular flexibility index (Phi) is 7.51. The zero-order valence-corrected chi connectivity index (χ0v) is 22.0. The van der Waals surface area contributed by atoms with Crippen LogP contribution in [0.2, 0.25) is 0 Å². The summed E-state index contributed by atoms with van der Waals surface area (Å²) in [6.07, 6.45) is -4.80. The molecule has 3 aromatic carbocycles. The van der Waals surface area contributed by atoms with Crippen LogP contribution in [0.1, 0.15) is 5.56 Å². The molecule has 208 valence electrons. The fourth-order valence-electron chi connectivity index (χ4n) is 4.23. The smallest absolute Gasteiger partial charge is 0.411 e. The van der Waals surface area contributed by atoms with E-state index in [4.69, 9.17) is 14.2 Å². The van der Waals surface area contributed by atoms with Gasteiger partial charge in [0.1, 0.15) is 25.4 Å². The summed E-state index contributed by atoms with van der Waals surface area (Å²) in [4.78, 5) is 21.2. The highest BCUT2D eigenvalue weighted by molar-refractivity contribution is 9.10. The highest BCUT2D eigenvalue weighted by Gasteiger charge is 2.62. The van der Waals surface area contributed by atoms with Gasteiger partial charge in [0.15, 0.2) is 23.4 Å². The summed E-state index contributed by atoms with van der Waals surface area (Å²) in [5.74, 6) is -1.43. The van der Waals surface area contributed by atoms with Gasteiger partial charge >= 0.3 is 12.1 Å². The molecule has 0 spiro atoms. The molecule has 0 saturated carbocycles. The number of fused-ring (bicyclic) bond motifs is 2. The second-order valence-corrected chi connectivity index (χ2v) is 9.70. The average molecular weight is 622 g/mol. The van der Waals surface area contributed by atoms with Crippen molar-refractivity contribution in [3.8, 4) is 11.5 Å². The molecule has 0 aliphatic carbocycles. The van der Waals surface area contributed by atoms with Crippen LogP contribution >= 0.6 is 15.9 Å². The van der Waals surface area contributed by atoms with Crippen molar-refractivity contribution in [1.29, 1.82) is 0 Å². The van der Waals surface area contributed by atoms with Crippen molar-refractivity contribution in [2.75, 3.05) is 25.1 Å². The fourth-order valence-corrected chi connectivity index (χ4v) is 4.60. The number of alkyl halides is 3. The van der Waals surface area contributed by atoms with E-state index in [1.165, 1.54) is 36.7 Å². The number of hydrogen-bond acceptors (Lipinski definition) is 8. The maximum absolute atomic E-state index is 14.5. The predicted molar refractivity (Wildman–Crippen MR) is 139 cm³/mol. The third-order valence-electron chi connectivity index (χ3n) is 6.36. The number of carbonyl (C=O) groups excluding carboxylic acids is 1. The summed E-state index contributed by atoms with van der Waals surface area (Å²) >= 11 is 3.13. The zero-order chi connectivity index (χ0) is 28.5. The maximum atomic E-state index is 14.5. The van der Waals surface area contributed by atoms with Crippen molar-refractivity contribution in [3.05, 3.63) is 82.8 Å². The van der Waals surface area contributed by atoms with Crippen LogP contribution in [-0.4, -0.2) is 53.1 Å². The molecule has 40 heavy (non-hydrogen) atoms. The lowest BCUT2D eigenvalue weighted by molar-refractivity contribution is -0.218. The molecular formula is C27H20BrF4N3O5. The Balaban J connectivity index is 1.37. The Morgan fingerprint density at radius 1 is 1.10 bits per heavy atom. The van der Waals surface area contributed by atoms with E-state index >= 15 is 0 Å². The Morgan fingerprint density at radius 3 is 2.60 bits per heavy atom. The highest BCUT2D eigenvalue weighted by atomic mass is 79.9. The van der Waals surface area contributed by atoms with Gasteiger partial charge in [0.25, 0.3) is 0 Å². The summed E-state index contributed by atoms with van der Waals surface area (Å²) < 4.78 is 73.7. The van der Waals surface area contributed by atoms with E-state index in [1.54, 1.807) is 18.2 Å². The topological polar surface area (TPSA) is 103 Å². The molecule has 13 heteroatoms. The van der Waals surface area contributed by atoms with Gasteiger partial charge < -0.3 is 24.6 Å². The number of carbonyl (C=O) groups is 1. The Bertz CT molecular complexity index is 1560. The molecule has 1 aliphatic heterocycles. The first-order valence-corrected chi connectivity index (χ1v) is 12.6. The molecular weight excluding hydrogens is 602 g/mol. The predicted octanol–water partition coefficient (Wildman–Crippen LogP) is 5.45. The molecule has 8 nitrogen and oxygen atoms in total. The molecule has 0 saturated heterocycles. The number of anilines is 2. The van der Waals surface area contributed by atoms with Crippen LogP contribution < -0.4 is 14.8 Å². The molecule has 2 N–H and O–H groups in total. The van der Waals surface area contributed by atoms with Crippen LogP contribution in [0.25, 0.3) is 10.9 Å². The molecule has 0 amide bonds. The minimum atomic E-state index is -5.13. The van der Waals surface area contributed by atoms with Gasteiger partial charge in [-0.15, -0.1) is 0 Å². The molecule has 4 aromatic rings. The standard InChI is InChI=1S/C27H20BrF4N3O5/c28-18-7-4-8-19(23(18)29)35-24-17-9-22-21(10-20(17)33-14-34-24)38-11-16(40-22)12-39-25(37)26(13-36,27(30,31)32)15-5-2-1-3-6-15/h1-10,14,16,36H,11-13H2,(H,33,34,35)/t16-,26-/m0/s1. The van der Waals surface area contributed by atoms with E-state index in [9.17, 15) is 27.5 Å². The molecule has 1 aliphatic rings. The number of nitrogens with one attached hydrogen (secondary N) is 1. The van der Waals surface area contributed by atoms with Crippen LogP contribution in [0.4, 0.5) is 29.1 Å². The van der Waals surface area contributed by atoms with Crippen LogP contribution in [0, 0.1) is 5.82 Å². The van der Waals surface area contributed by atoms with Crippen molar-refractivity contribution in [3.63, 3.8) is 0 Å². The number of rotatable bonds is 7. The van der Waals surface area contributed by atoms with Crippen molar-refractivity contribution in [1.82, 2.24) is 9.97 Å². The largest absolute Gasteiger partial charge is 0.486 e. The van der Waals surface area contributed by atoms with Gasteiger partial charge in [0, 0.05) is 11.5 Å². The normalized spacial score (nSPS) is 16.3. The van der Waals surface area contributed by atoms with E-state index in [0.29, 0.717) is 16.7 Å². The highest BCUT2D eigenvalue weighted by Crippen LogP contribution is 2.43. The van der Waals surface area contributed by atoms with Crippen molar-refractivity contribution in [2.45, 2.75) is 17.7 Å². The van der Waals surface area contributed by atoms with Gasteiger partial charge in [0.05, 0.1) is 22.3 Å². The number of aromatic nitrogens is 2. The number of aliphatic hydroxyl groups excluding tert-OH is 1. The van der Waals surface area contributed by atoms with E-state index < -0.39 is 48.3 Å². The van der Waals surface area contributed by atoms with Crippen molar-refractivity contribution >= 4 is 44.3 Å². The number of aliphatic hydroxyl groups is 1. The molecule has 2 atom stereocenters. The van der Waals surface area contributed by atoms with Gasteiger partial charge in [-0.2, -0.15) is 13.2 Å². The minimum Gasteiger partial charge on any atom is -0.486 e. The van der Waals surface area contributed by atoms with Gasteiger partial charge in [0.2, 0.25) is 5.41 Å². The maximum Gasteiger partial charge on any atom is 0.411 e. The lowest BCUT2D eigenvalue weighted by atomic mass is 9.80. The molecule has 2 heterocycles. The SMILES string of the molecule is O=C(OC[C@@H]1COc2cc3ncnc(Nc4cccc(Br)c4F)c3cc2O1)[C@](CO)(c1ccccc1)C(F)(F)F. The first-order valence-electron chi connectivity index (χ1n) is 11.8. The molecule has 1 aromatic heterocycles. The first kappa shape index (κ1) is 27.6. The van der Waals surface area contributed by atoms with E-state index in [-0.39, 0.29) is 28.3 Å². The molecule has 0 unspecified atom stereocenters. The van der Waals surface area contributed by atoms with Crippen molar-refractivity contribution in [2.24, 2.45) is 0 Å². The summed E-state index contributed by atoms with van der Waals surface area (Å²) in [5.41, 5.74) is -3.10. The lowest BCUT2D eigenvalue weighted by Gasteiger charge is -2.33.